The van der Waals surface area contributed by atoms with Crippen LogP contribution in [-0.2, 0) is 6.42 Å². The molecule has 1 aliphatic rings. The van der Waals surface area contributed by atoms with Crippen molar-refractivity contribution in [2.75, 3.05) is 13.1 Å². The molecule has 1 saturated heterocycles. The van der Waals surface area contributed by atoms with E-state index >= 15 is 0 Å². The van der Waals surface area contributed by atoms with E-state index in [2.05, 4.69) is 28.1 Å². The second kappa shape index (κ2) is 5.98. The lowest BCUT2D eigenvalue weighted by atomic mass is 9.93. The first kappa shape index (κ1) is 14.3. The van der Waals surface area contributed by atoms with E-state index in [9.17, 15) is 4.79 Å². The van der Waals surface area contributed by atoms with Crippen molar-refractivity contribution in [3.63, 3.8) is 0 Å². The number of pyridine rings is 1. The van der Waals surface area contributed by atoms with Gasteiger partial charge in [-0.2, -0.15) is 0 Å². The van der Waals surface area contributed by atoms with Crippen molar-refractivity contribution in [1.82, 2.24) is 14.3 Å². The van der Waals surface area contributed by atoms with Gasteiger partial charge in [0.2, 0.25) is 0 Å². The van der Waals surface area contributed by atoms with E-state index in [0.717, 1.165) is 24.0 Å². The molecule has 112 valence electrons. The number of fused-ring (bicyclic) bond motifs is 1. The lowest BCUT2D eigenvalue weighted by Gasteiger charge is -2.35. The second-order valence-electron chi connectivity index (χ2n) is 6.35. The molecule has 2 aromatic rings. The van der Waals surface area contributed by atoms with Crippen molar-refractivity contribution < 1.29 is 4.79 Å². The normalized spacial score (nSPS) is 20.2. The molecule has 0 spiro atoms. The third-order valence-corrected chi connectivity index (χ3v) is 4.52. The van der Waals surface area contributed by atoms with Crippen LogP contribution in [0.1, 0.15) is 42.9 Å². The minimum atomic E-state index is 0.625. The molecule has 4 nitrogen and oxygen atoms in total. The van der Waals surface area contributed by atoms with Crippen molar-refractivity contribution in [3.05, 3.63) is 35.9 Å². The van der Waals surface area contributed by atoms with Gasteiger partial charge >= 0.3 is 0 Å². The molecule has 21 heavy (non-hydrogen) atoms. The van der Waals surface area contributed by atoms with Crippen LogP contribution in [0.25, 0.3) is 5.52 Å². The predicted molar refractivity (Wildman–Crippen MR) is 83.7 cm³/mol. The Hall–Kier alpha value is -1.68. The number of carbonyl (C=O) groups is 1. The minimum absolute atomic E-state index is 0.625. The van der Waals surface area contributed by atoms with Gasteiger partial charge in [-0.1, -0.05) is 0 Å². The molecular weight excluding hydrogens is 262 g/mol. The molecule has 0 bridgehead atoms. The van der Waals surface area contributed by atoms with Crippen LogP contribution in [0.3, 0.4) is 0 Å². The number of nitrogens with zero attached hydrogens (tertiary/aromatic N) is 3. The van der Waals surface area contributed by atoms with E-state index in [-0.39, 0.29) is 0 Å². The number of hydrogen-bond donors (Lipinski definition) is 0. The summed E-state index contributed by atoms with van der Waals surface area (Å²) in [4.78, 5) is 18.0. The smallest absolute Gasteiger partial charge is 0.150 e. The van der Waals surface area contributed by atoms with Crippen LogP contribution in [0.2, 0.25) is 0 Å². The van der Waals surface area contributed by atoms with Crippen LogP contribution in [0.5, 0.6) is 0 Å². The minimum Gasteiger partial charge on any atom is -0.304 e. The Kier molecular flexibility index (Phi) is 4.06. The van der Waals surface area contributed by atoms with Crippen LogP contribution in [0.15, 0.2) is 24.5 Å². The number of likely N-dealkylation sites (tertiary alicyclic amines) is 1. The Labute approximate surface area is 125 Å². The second-order valence-corrected chi connectivity index (χ2v) is 6.35. The van der Waals surface area contributed by atoms with Gasteiger partial charge in [0.1, 0.15) is 12.1 Å². The van der Waals surface area contributed by atoms with E-state index in [1.165, 1.54) is 25.9 Å². The molecule has 2 aromatic heterocycles. The number of aldehydes is 1. The number of imidazole rings is 1. The molecule has 0 N–H and O–H groups in total. The number of aromatic nitrogens is 2. The molecule has 3 heterocycles. The summed E-state index contributed by atoms with van der Waals surface area (Å²) in [6.07, 6.45) is 8.29. The quantitative estimate of drug-likeness (QED) is 0.811. The highest BCUT2D eigenvalue weighted by Gasteiger charge is 2.23. The Morgan fingerprint density at radius 2 is 2.33 bits per heavy atom. The fraction of sp³-hybridized carbons (Fsp3) is 0.529. The zero-order valence-electron chi connectivity index (χ0n) is 12.8. The lowest BCUT2D eigenvalue weighted by molar-refractivity contribution is 0.112. The summed E-state index contributed by atoms with van der Waals surface area (Å²) >= 11 is 0. The summed E-state index contributed by atoms with van der Waals surface area (Å²) in [7, 11) is 0. The molecule has 0 saturated carbocycles. The first-order valence-electron chi connectivity index (χ1n) is 7.82. The highest BCUT2D eigenvalue weighted by molar-refractivity contribution is 5.77. The van der Waals surface area contributed by atoms with Crippen molar-refractivity contribution in [2.24, 2.45) is 5.92 Å². The number of piperidine rings is 1. The summed E-state index contributed by atoms with van der Waals surface area (Å²) in [5.41, 5.74) is 1.71. The highest BCUT2D eigenvalue weighted by atomic mass is 16.1. The van der Waals surface area contributed by atoms with E-state index in [1.54, 1.807) is 0 Å². The van der Waals surface area contributed by atoms with Crippen LogP contribution >= 0.6 is 0 Å². The topological polar surface area (TPSA) is 37.6 Å². The summed E-state index contributed by atoms with van der Waals surface area (Å²) in [6.45, 7) is 6.93. The van der Waals surface area contributed by atoms with Gasteiger partial charge in [0.05, 0.1) is 11.7 Å². The first-order valence-corrected chi connectivity index (χ1v) is 7.82. The van der Waals surface area contributed by atoms with Gasteiger partial charge in [0.15, 0.2) is 0 Å². The van der Waals surface area contributed by atoms with Gasteiger partial charge < -0.3 is 9.30 Å². The maximum atomic E-state index is 10.8. The molecule has 0 aliphatic carbocycles. The van der Waals surface area contributed by atoms with Crippen molar-refractivity contribution in [2.45, 2.75) is 39.2 Å². The molecule has 1 fully saturated rings. The third-order valence-electron chi connectivity index (χ3n) is 4.52. The maximum Gasteiger partial charge on any atom is 0.150 e. The molecule has 0 radical (unpaired) electrons. The zero-order chi connectivity index (χ0) is 14.8. The largest absolute Gasteiger partial charge is 0.304 e. The van der Waals surface area contributed by atoms with Gasteiger partial charge in [-0.3, -0.25) is 4.79 Å². The maximum absolute atomic E-state index is 10.8. The Balaban J connectivity index is 1.77. The Morgan fingerprint density at radius 1 is 1.48 bits per heavy atom. The molecule has 0 aromatic carbocycles. The fourth-order valence-corrected chi connectivity index (χ4v) is 3.29. The third kappa shape index (κ3) is 3.00. The van der Waals surface area contributed by atoms with Crippen molar-refractivity contribution >= 4 is 11.8 Å². The Bertz CT molecular complexity index is 632. The molecule has 1 unspecified atom stereocenters. The number of hydrogen-bond acceptors (Lipinski definition) is 3. The monoisotopic (exact) mass is 285 g/mol. The fourth-order valence-electron chi connectivity index (χ4n) is 3.29. The molecular formula is C17H23N3O. The van der Waals surface area contributed by atoms with Gasteiger partial charge in [0, 0.05) is 30.8 Å². The van der Waals surface area contributed by atoms with Crippen LogP contribution < -0.4 is 0 Å². The van der Waals surface area contributed by atoms with Crippen LogP contribution in [-0.4, -0.2) is 39.7 Å². The summed E-state index contributed by atoms with van der Waals surface area (Å²) in [5.74, 6) is 1.79. The van der Waals surface area contributed by atoms with Gasteiger partial charge in [-0.15, -0.1) is 0 Å². The van der Waals surface area contributed by atoms with Crippen molar-refractivity contribution in [1.29, 1.82) is 0 Å². The average molecular weight is 285 g/mol. The molecule has 4 heteroatoms. The zero-order valence-corrected chi connectivity index (χ0v) is 12.8. The van der Waals surface area contributed by atoms with Gasteiger partial charge in [-0.25, -0.2) is 4.98 Å². The van der Waals surface area contributed by atoms with E-state index < -0.39 is 0 Å². The van der Waals surface area contributed by atoms with E-state index in [1.807, 2.05) is 24.5 Å². The van der Waals surface area contributed by atoms with Gasteiger partial charge in [-0.05, 0) is 51.3 Å². The molecule has 1 aliphatic heterocycles. The summed E-state index contributed by atoms with van der Waals surface area (Å²) in [5, 5.41) is 0. The number of rotatable bonds is 4. The standard InChI is InChI=1S/C17H23N3O/c1-13(2)19-6-3-4-14(11-19)9-17-18-10-16-8-15(12-21)5-7-20(16)17/h5,7-8,10,12-14H,3-4,6,9,11H2,1-2H3. The first-order chi connectivity index (χ1) is 10.2. The highest BCUT2D eigenvalue weighted by Crippen LogP contribution is 2.22. The predicted octanol–water partition coefficient (Wildman–Crippen LogP) is 2.81. The SMILES string of the molecule is CC(C)N1CCCC(Cc2ncc3cc(C=O)ccn23)C1. The van der Waals surface area contributed by atoms with Crippen LogP contribution in [0, 0.1) is 5.92 Å². The van der Waals surface area contributed by atoms with E-state index in [4.69, 9.17) is 0 Å². The Morgan fingerprint density at radius 3 is 3.10 bits per heavy atom. The average Bonchev–Trinajstić information content (AvgIpc) is 2.89. The molecule has 0 amide bonds. The summed E-state index contributed by atoms with van der Waals surface area (Å²) in [6, 6.07) is 4.37. The molecule has 3 rings (SSSR count). The lowest BCUT2D eigenvalue weighted by Crippen LogP contribution is -2.40. The summed E-state index contributed by atoms with van der Waals surface area (Å²) < 4.78 is 2.11. The van der Waals surface area contributed by atoms with Gasteiger partial charge in [0.25, 0.3) is 0 Å². The van der Waals surface area contributed by atoms with E-state index in [0.29, 0.717) is 17.5 Å². The van der Waals surface area contributed by atoms with Crippen molar-refractivity contribution in [3.8, 4) is 0 Å². The van der Waals surface area contributed by atoms with Crippen LogP contribution in [0.4, 0.5) is 0 Å². The number of carbonyl (C=O) groups excluding carboxylic acids is 1. The molecule has 1 atom stereocenters.